The number of pyridine rings is 1. The monoisotopic (exact) mass is 653 g/mol. The molecule has 0 saturated heterocycles. The van der Waals surface area contributed by atoms with Crippen LogP contribution in [0.5, 0.6) is 5.75 Å². The standard InChI is InChI=1S/C47H31N3O/c51-37-25-23-31(24-26-37)34-29-42(32-11-9-13-35(27-32)49-44-19-5-1-15-38(44)39-16-2-6-20-45(39)49)48-43(30-34)33-12-10-14-36(28-33)50-46-21-7-3-17-40(46)41-18-4-8-22-47(41)50/h1-30,51H. The van der Waals surface area contributed by atoms with Crippen molar-refractivity contribution >= 4 is 43.6 Å². The summed E-state index contributed by atoms with van der Waals surface area (Å²) in [6, 6.07) is 63.4. The number of aromatic hydroxyl groups is 1. The Balaban J connectivity index is 1.16. The van der Waals surface area contributed by atoms with Crippen LogP contribution in [0.15, 0.2) is 182 Å². The SMILES string of the molecule is Oc1ccc(-c2cc(-c3cccc(-n4c5ccccc5c5ccccc54)c3)nc(-c3cccc(-n4c5ccccc5c5ccccc54)c3)c2)cc1. The van der Waals surface area contributed by atoms with Crippen molar-refractivity contribution in [2.75, 3.05) is 0 Å². The second-order valence-corrected chi connectivity index (χ2v) is 13.0. The number of para-hydroxylation sites is 4. The van der Waals surface area contributed by atoms with Crippen LogP contribution in [-0.2, 0) is 0 Å². The minimum absolute atomic E-state index is 0.242. The molecule has 0 atom stereocenters. The maximum atomic E-state index is 10.1. The van der Waals surface area contributed by atoms with E-state index in [2.05, 4.69) is 167 Å². The van der Waals surface area contributed by atoms with E-state index in [4.69, 9.17) is 4.98 Å². The highest BCUT2D eigenvalue weighted by molar-refractivity contribution is 6.10. The van der Waals surface area contributed by atoms with E-state index in [0.29, 0.717) is 0 Å². The summed E-state index contributed by atoms with van der Waals surface area (Å²) in [5, 5.41) is 15.0. The van der Waals surface area contributed by atoms with Gasteiger partial charge in [-0.25, -0.2) is 4.98 Å². The Morgan fingerprint density at radius 1 is 0.333 bits per heavy atom. The summed E-state index contributed by atoms with van der Waals surface area (Å²) in [6.45, 7) is 0. The molecule has 240 valence electrons. The van der Waals surface area contributed by atoms with Crippen molar-refractivity contribution in [2.45, 2.75) is 0 Å². The highest BCUT2D eigenvalue weighted by Crippen LogP contribution is 2.37. The first-order valence-corrected chi connectivity index (χ1v) is 17.2. The van der Waals surface area contributed by atoms with Gasteiger partial charge in [0.25, 0.3) is 0 Å². The molecule has 10 aromatic rings. The van der Waals surface area contributed by atoms with Crippen LogP contribution in [0.1, 0.15) is 0 Å². The van der Waals surface area contributed by atoms with Crippen LogP contribution in [0, 0.1) is 0 Å². The number of aromatic nitrogens is 3. The molecule has 3 aromatic heterocycles. The van der Waals surface area contributed by atoms with Crippen molar-refractivity contribution in [3.8, 4) is 50.8 Å². The lowest BCUT2D eigenvalue weighted by molar-refractivity contribution is 0.475. The zero-order chi connectivity index (χ0) is 33.9. The van der Waals surface area contributed by atoms with Crippen LogP contribution < -0.4 is 0 Å². The van der Waals surface area contributed by atoms with Gasteiger partial charge < -0.3 is 14.2 Å². The molecule has 4 heteroatoms. The van der Waals surface area contributed by atoms with E-state index in [0.717, 1.165) is 45.0 Å². The fourth-order valence-corrected chi connectivity index (χ4v) is 7.66. The van der Waals surface area contributed by atoms with Crippen LogP contribution in [0.4, 0.5) is 0 Å². The summed E-state index contributed by atoms with van der Waals surface area (Å²) < 4.78 is 4.68. The van der Waals surface area contributed by atoms with E-state index in [1.165, 1.54) is 43.6 Å². The highest BCUT2D eigenvalue weighted by Gasteiger charge is 2.16. The topological polar surface area (TPSA) is 43.0 Å². The lowest BCUT2D eigenvalue weighted by Crippen LogP contribution is -1.97. The molecule has 0 aliphatic rings. The Hall–Kier alpha value is -6.91. The number of fused-ring (bicyclic) bond motifs is 6. The Morgan fingerprint density at radius 2 is 0.725 bits per heavy atom. The Bertz CT molecular complexity index is 2650. The van der Waals surface area contributed by atoms with Crippen LogP contribution in [0.2, 0.25) is 0 Å². The Morgan fingerprint density at radius 3 is 1.14 bits per heavy atom. The molecule has 3 heterocycles. The average molecular weight is 654 g/mol. The van der Waals surface area contributed by atoms with Gasteiger partial charge in [0, 0.05) is 44.0 Å². The second-order valence-electron chi connectivity index (χ2n) is 13.0. The van der Waals surface area contributed by atoms with Crippen molar-refractivity contribution < 1.29 is 5.11 Å². The fraction of sp³-hybridized carbons (Fsp3) is 0. The number of phenols is 1. The number of hydrogen-bond acceptors (Lipinski definition) is 2. The van der Waals surface area contributed by atoms with Crippen LogP contribution in [-0.4, -0.2) is 19.2 Å². The molecule has 0 spiro atoms. The summed E-state index contributed by atoms with van der Waals surface area (Å²) in [6.07, 6.45) is 0. The van der Waals surface area contributed by atoms with Crippen LogP contribution in [0.3, 0.4) is 0 Å². The van der Waals surface area contributed by atoms with Crippen molar-refractivity contribution in [3.63, 3.8) is 0 Å². The molecule has 0 radical (unpaired) electrons. The number of phenolic OH excluding ortho intramolecular Hbond substituents is 1. The molecule has 0 aliphatic carbocycles. The van der Waals surface area contributed by atoms with Gasteiger partial charge in [-0.1, -0.05) is 109 Å². The Kier molecular flexibility index (Phi) is 6.61. The molecule has 51 heavy (non-hydrogen) atoms. The third-order valence-corrected chi connectivity index (χ3v) is 9.99. The number of hydrogen-bond donors (Lipinski definition) is 1. The first-order chi connectivity index (χ1) is 25.2. The number of nitrogens with zero attached hydrogens (tertiary/aromatic N) is 3. The smallest absolute Gasteiger partial charge is 0.115 e. The Labute approximate surface area is 294 Å². The third kappa shape index (κ3) is 4.80. The molecule has 0 amide bonds. The summed E-state index contributed by atoms with van der Waals surface area (Å²) in [5.41, 5.74) is 12.7. The van der Waals surface area contributed by atoms with E-state index in [1.807, 2.05) is 12.1 Å². The van der Waals surface area contributed by atoms with Gasteiger partial charge in [0.2, 0.25) is 0 Å². The van der Waals surface area contributed by atoms with Crippen molar-refractivity contribution in [3.05, 3.63) is 182 Å². The molecule has 0 bridgehead atoms. The second kappa shape index (κ2) is 11.6. The van der Waals surface area contributed by atoms with E-state index in [9.17, 15) is 5.11 Å². The third-order valence-electron chi connectivity index (χ3n) is 9.99. The quantitative estimate of drug-likeness (QED) is 0.201. The van der Waals surface area contributed by atoms with Gasteiger partial charge >= 0.3 is 0 Å². The molecule has 0 unspecified atom stereocenters. The van der Waals surface area contributed by atoms with Crippen molar-refractivity contribution in [1.29, 1.82) is 0 Å². The van der Waals surface area contributed by atoms with Gasteiger partial charge in [-0.3, -0.25) is 0 Å². The summed E-state index contributed by atoms with van der Waals surface area (Å²) in [4.78, 5) is 5.34. The molecule has 1 N–H and O–H groups in total. The zero-order valence-corrected chi connectivity index (χ0v) is 27.6. The fourth-order valence-electron chi connectivity index (χ4n) is 7.66. The molecule has 0 saturated carbocycles. The van der Waals surface area contributed by atoms with Crippen molar-refractivity contribution in [2.24, 2.45) is 0 Å². The predicted octanol–water partition coefficient (Wildman–Crippen LogP) is 12.0. The lowest BCUT2D eigenvalue weighted by atomic mass is 9.99. The normalized spacial score (nSPS) is 11.6. The van der Waals surface area contributed by atoms with E-state index >= 15 is 0 Å². The maximum absolute atomic E-state index is 10.1. The minimum Gasteiger partial charge on any atom is -0.508 e. The maximum Gasteiger partial charge on any atom is 0.115 e. The summed E-state index contributed by atoms with van der Waals surface area (Å²) in [5.74, 6) is 0.242. The number of rotatable bonds is 5. The zero-order valence-electron chi connectivity index (χ0n) is 27.6. The largest absolute Gasteiger partial charge is 0.508 e. The van der Waals surface area contributed by atoms with E-state index in [1.54, 1.807) is 12.1 Å². The van der Waals surface area contributed by atoms with Gasteiger partial charge in [0.15, 0.2) is 0 Å². The predicted molar refractivity (Wildman–Crippen MR) is 211 cm³/mol. The van der Waals surface area contributed by atoms with E-state index in [-0.39, 0.29) is 5.75 Å². The molecular formula is C47H31N3O. The van der Waals surface area contributed by atoms with Gasteiger partial charge in [0.05, 0.1) is 33.5 Å². The van der Waals surface area contributed by atoms with Crippen LogP contribution >= 0.6 is 0 Å². The molecule has 4 nitrogen and oxygen atoms in total. The molecule has 7 aromatic carbocycles. The van der Waals surface area contributed by atoms with Gasteiger partial charge in [0.1, 0.15) is 5.75 Å². The molecule has 0 aliphatic heterocycles. The first-order valence-electron chi connectivity index (χ1n) is 17.2. The lowest BCUT2D eigenvalue weighted by Gasteiger charge is -2.14. The molecular weight excluding hydrogens is 623 g/mol. The molecule has 0 fully saturated rings. The first kappa shape index (κ1) is 29.0. The van der Waals surface area contributed by atoms with Gasteiger partial charge in [-0.15, -0.1) is 0 Å². The molecule has 10 rings (SSSR count). The van der Waals surface area contributed by atoms with Gasteiger partial charge in [-0.05, 0) is 83.9 Å². The minimum atomic E-state index is 0.242. The average Bonchev–Trinajstić information content (AvgIpc) is 3.71. The highest BCUT2D eigenvalue weighted by atomic mass is 16.3. The summed E-state index contributed by atoms with van der Waals surface area (Å²) >= 11 is 0. The van der Waals surface area contributed by atoms with Gasteiger partial charge in [-0.2, -0.15) is 0 Å². The number of benzene rings is 7. The van der Waals surface area contributed by atoms with Crippen LogP contribution in [0.25, 0.3) is 88.6 Å². The summed E-state index contributed by atoms with van der Waals surface area (Å²) in [7, 11) is 0. The van der Waals surface area contributed by atoms with E-state index < -0.39 is 0 Å². The van der Waals surface area contributed by atoms with Crippen molar-refractivity contribution in [1.82, 2.24) is 14.1 Å².